The van der Waals surface area contributed by atoms with Crippen molar-refractivity contribution in [1.82, 2.24) is 5.32 Å². The molecule has 0 bridgehead atoms. The highest BCUT2D eigenvalue weighted by Gasteiger charge is 2.13. The number of carbonyl (C=O) groups excluding carboxylic acids is 1. The van der Waals surface area contributed by atoms with Gasteiger partial charge in [0.15, 0.2) is 0 Å². The van der Waals surface area contributed by atoms with Crippen molar-refractivity contribution in [2.45, 2.75) is 19.9 Å². The van der Waals surface area contributed by atoms with Gasteiger partial charge in [-0.1, -0.05) is 44.0 Å². The Morgan fingerprint density at radius 3 is 2.25 bits per heavy atom. The Kier molecular flexibility index (Phi) is 5.00. The van der Waals surface area contributed by atoms with Gasteiger partial charge in [0.2, 0.25) is 0 Å². The third kappa shape index (κ3) is 3.70. The summed E-state index contributed by atoms with van der Waals surface area (Å²) < 4.78 is 2.01. The largest absolute Gasteiger partial charge is 0.346 e. The van der Waals surface area contributed by atoms with Crippen molar-refractivity contribution in [3.8, 4) is 0 Å². The zero-order valence-electron chi connectivity index (χ0n) is 11.3. The summed E-state index contributed by atoms with van der Waals surface area (Å²) in [6.07, 6.45) is 0. The molecule has 0 spiro atoms. The predicted octanol–water partition coefficient (Wildman–Crippen LogP) is 5.01. The highest BCUT2D eigenvalue weighted by atomic mass is 79.9. The molecule has 0 aliphatic rings. The molecule has 0 radical (unpaired) electrons. The predicted molar refractivity (Wildman–Crippen MR) is 88.9 cm³/mol. The molecule has 0 aliphatic heterocycles. The van der Waals surface area contributed by atoms with Gasteiger partial charge < -0.3 is 5.32 Å². The molecule has 20 heavy (non-hydrogen) atoms. The van der Waals surface area contributed by atoms with Crippen LogP contribution in [0.25, 0.3) is 0 Å². The molecule has 2 nitrogen and oxygen atoms in total. The number of rotatable bonds is 3. The lowest BCUT2D eigenvalue weighted by Gasteiger charge is -2.15. The smallest absolute Gasteiger partial charge is 0.252 e. The molecule has 0 aliphatic carbocycles. The summed E-state index contributed by atoms with van der Waals surface area (Å²) in [5.41, 5.74) is 2.74. The van der Waals surface area contributed by atoms with Crippen molar-refractivity contribution in [3.63, 3.8) is 0 Å². The van der Waals surface area contributed by atoms with Gasteiger partial charge >= 0.3 is 0 Å². The number of benzene rings is 2. The minimum absolute atomic E-state index is 0.0290. The van der Waals surface area contributed by atoms with Gasteiger partial charge in [-0.2, -0.15) is 0 Å². The van der Waals surface area contributed by atoms with Crippen LogP contribution in [0.3, 0.4) is 0 Å². The van der Waals surface area contributed by atoms with Gasteiger partial charge in [-0.05, 0) is 55.3 Å². The van der Waals surface area contributed by atoms with Crippen molar-refractivity contribution in [2.75, 3.05) is 0 Å². The van der Waals surface area contributed by atoms with Gasteiger partial charge in [0.05, 0.1) is 6.04 Å². The third-order valence-corrected chi connectivity index (χ3v) is 4.17. The van der Waals surface area contributed by atoms with Crippen molar-refractivity contribution in [1.29, 1.82) is 0 Å². The fourth-order valence-electron chi connectivity index (χ4n) is 1.99. The van der Waals surface area contributed by atoms with Gasteiger partial charge in [-0.25, -0.2) is 0 Å². The normalized spacial score (nSPS) is 12.0. The molecular weight excluding hydrogens is 382 g/mol. The maximum atomic E-state index is 12.3. The number of hydrogen-bond donors (Lipinski definition) is 1. The quantitative estimate of drug-likeness (QED) is 0.775. The van der Waals surface area contributed by atoms with E-state index in [2.05, 4.69) is 37.2 Å². The lowest BCUT2D eigenvalue weighted by atomic mass is 10.1. The van der Waals surface area contributed by atoms with Crippen LogP contribution in [0.5, 0.6) is 0 Å². The van der Waals surface area contributed by atoms with Crippen molar-refractivity contribution in [2.24, 2.45) is 0 Å². The third-order valence-electron chi connectivity index (χ3n) is 3.15. The number of amides is 1. The van der Waals surface area contributed by atoms with E-state index < -0.39 is 0 Å². The first-order chi connectivity index (χ1) is 9.47. The molecule has 0 aromatic heterocycles. The van der Waals surface area contributed by atoms with Crippen LogP contribution in [0.4, 0.5) is 0 Å². The monoisotopic (exact) mass is 395 g/mol. The molecule has 1 atom stereocenters. The van der Waals surface area contributed by atoms with Crippen LogP contribution in [0.2, 0.25) is 0 Å². The minimum Gasteiger partial charge on any atom is -0.346 e. The summed E-state index contributed by atoms with van der Waals surface area (Å²) in [6, 6.07) is 13.6. The Labute approximate surface area is 135 Å². The summed E-state index contributed by atoms with van der Waals surface area (Å²) in [4.78, 5) is 12.3. The number of halogens is 2. The van der Waals surface area contributed by atoms with E-state index in [4.69, 9.17) is 0 Å². The zero-order chi connectivity index (χ0) is 14.7. The van der Waals surface area contributed by atoms with E-state index in [1.807, 2.05) is 56.3 Å². The summed E-state index contributed by atoms with van der Waals surface area (Å²) in [5, 5.41) is 3.02. The lowest BCUT2D eigenvalue weighted by Crippen LogP contribution is -2.27. The first kappa shape index (κ1) is 15.3. The molecule has 2 aromatic rings. The Bertz CT molecular complexity index is 623. The SMILES string of the molecule is Cc1cc(Br)ccc1C(=O)NC(C)c1ccc(Br)cc1. The second-order valence-corrected chi connectivity index (χ2v) is 6.54. The van der Waals surface area contributed by atoms with E-state index in [0.29, 0.717) is 5.56 Å². The number of hydrogen-bond acceptors (Lipinski definition) is 1. The molecule has 0 saturated carbocycles. The van der Waals surface area contributed by atoms with Crippen LogP contribution < -0.4 is 5.32 Å². The van der Waals surface area contributed by atoms with Crippen molar-refractivity contribution >= 4 is 37.8 Å². The average Bonchev–Trinajstić information content (AvgIpc) is 2.39. The molecule has 0 saturated heterocycles. The van der Waals surface area contributed by atoms with E-state index in [1.165, 1.54) is 0 Å². The average molecular weight is 397 g/mol. The Hall–Kier alpha value is -1.13. The minimum atomic E-state index is -0.0505. The van der Waals surface area contributed by atoms with Crippen LogP contribution in [0.15, 0.2) is 51.4 Å². The van der Waals surface area contributed by atoms with Gasteiger partial charge in [0.1, 0.15) is 0 Å². The van der Waals surface area contributed by atoms with Crippen LogP contribution >= 0.6 is 31.9 Å². The van der Waals surface area contributed by atoms with Gasteiger partial charge in [0.25, 0.3) is 5.91 Å². The lowest BCUT2D eigenvalue weighted by molar-refractivity contribution is 0.0939. The summed E-state index contributed by atoms with van der Waals surface area (Å²) in [6.45, 7) is 3.92. The van der Waals surface area contributed by atoms with E-state index in [1.54, 1.807) is 0 Å². The van der Waals surface area contributed by atoms with Crippen molar-refractivity contribution < 1.29 is 4.79 Å². The first-order valence-corrected chi connectivity index (χ1v) is 7.88. The highest BCUT2D eigenvalue weighted by molar-refractivity contribution is 9.10. The molecule has 0 heterocycles. The summed E-state index contributed by atoms with van der Waals surface area (Å²) >= 11 is 6.81. The molecular formula is C16H15Br2NO. The maximum Gasteiger partial charge on any atom is 0.252 e. The van der Waals surface area contributed by atoms with E-state index in [9.17, 15) is 4.79 Å². The molecule has 2 rings (SSSR count). The second kappa shape index (κ2) is 6.55. The Balaban J connectivity index is 2.13. The van der Waals surface area contributed by atoms with E-state index in [-0.39, 0.29) is 11.9 Å². The zero-order valence-corrected chi connectivity index (χ0v) is 14.5. The standard InChI is InChI=1S/C16H15Br2NO/c1-10-9-14(18)7-8-15(10)16(20)19-11(2)12-3-5-13(17)6-4-12/h3-9,11H,1-2H3,(H,19,20). The highest BCUT2D eigenvalue weighted by Crippen LogP contribution is 2.19. The van der Waals surface area contributed by atoms with Gasteiger partial charge in [-0.15, -0.1) is 0 Å². The number of nitrogens with one attached hydrogen (secondary N) is 1. The first-order valence-electron chi connectivity index (χ1n) is 6.30. The number of aryl methyl sites for hydroxylation is 1. The van der Waals surface area contributed by atoms with E-state index >= 15 is 0 Å². The van der Waals surface area contributed by atoms with E-state index in [0.717, 1.165) is 20.1 Å². The van der Waals surface area contributed by atoms with Crippen LogP contribution in [-0.2, 0) is 0 Å². The summed E-state index contributed by atoms with van der Waals surface area (Å²) in [5.74, 6) is -0.0505. The van der Waals surface area contributed by atoms with Crippen molar-refractivity contribution in [3.05, 3.63) is 68.1 Å². The molecule has 4 heteroatoms. The van der Waals surface area contributed by atoms with Crippen LogP contribution in [0.1, 0.15) is 34.5 Å². The summed E-state index contributed by atoms with van der Waals surface area (Å²) in [7, 11) is 0. The Morgan fingerprint density at radius 2 is 1.65 bits per heavy atom. The molecule has 1 unspecified atom stereocenters. The fraction of sp³-hybridized carbons (Fsp3) is 0.188. The molecule has 2 aromatic carbocycles. The second-order valence-electron chi connectivity index (χ2n) is 4.71. The topological polar surface area (TPSA) is 29.1 Å². The van der Waals surface area contributed by atoms with Crippen LogP contribution in [0, 0.1) is 6.92 Å². The Morgan fingerprint density at radius 1 is 1.05 bits per heavy atom. The number of carbonyl (C=O) groups is 1. The molecule has 104 valence electrons. The van der Waals surface area contributed by atoms with Gasteiger partial charge in [-0.3, -0.25) is 4.79 Å². The van der Waals surface area contributed by atoms with Gasteiger partial charge in [0, 0.05) is 14.5 Å². The fourth-order valence-corrected chi connectivity index (χ4v) is 2.73. The maximum absolute atomic E-state index is 12.3. The molecule has 0 fully saturated rings. The van der Waals surface area contributed by atoms with Crippen LogP contribution in [-0.4, -0.2) is 5.91 Å². The molecule has 1 N–H and O–H groups in total. The molecule has 1 amide bonds.